The van der Waals surface area contributed by atoms with Gasteiger partial charge in [-0.1, -0.05) is 17.3 Å². The van der Waals surface area contributed by atoms with Gasteiger partial charge in [-0.2, -0.15) is 0 Å². The van der Waals surface area contributed by atoms with Crippen molar-refractivity contribution in [2.45, 2.75) is 12.6 Å². The zero-order valence-electron chi connectivity index (χ0n) is 10.8. The van der Waals surface area contributed by atoms with Crippen molar-refractivity contribution >= 4 is 5.91 Å². The van der Waals surface area contributed by atoms with E-state index in [0.29, 0.717) is 18.3 Å². The van der Waals surface area contributed by atoms with Gasteiger partial charge in [0, 0.05) is 19.6 Å². The summed E-state index contributed by atoms with van der Waals surface area (Å²) in [6.07, 6.45) is 1.66. The molecular formula is C13H15N5O2. The van der Waals surface area contributed by atoms with Crippen LogP contribution in [0.4, 0.5) is 0 Å². The monoisotopic (exact) mass is 273 g/mol. The lowest BCUT2D eigenvalue weighted by Gasteiger charge is -2.26. The maximum absolute atomic E-state index is 11.9. The highest BCUT2D eigenvalue weighted by Gasteiger charge is 2.21. The molecule has 0 saturated carbocycles. The van der Waals surface area contributed by atoms with Crippen LogP contribution in [0.15, 0.2) is 30.5 Å². The molecule has 1 aromatic heterocycles. The Labute approximate surface area is 115 Å². The number of nitrogens with zero attached hydrogens (tertiary/aromatic N) is 3. The molecule has 20 heavy (non-hydrogen) atoms. The molecule has 3 rings (SSSR count). The third-order valence-electron chi connectivity index (χ3n) is 3.27. The zero-order valence-corrected chi connectivity index (χ0v) is 10.8. The van der Waals surface area contributed by atoms with Crippen LogP contribution in [0.3, 0.4) is 0 Å². The largest absolute Gasteiger partial charge is 0.508 e. The molecular weight excluding hydrogens is 258 g/mol. The third-order valence-corrected chi connectivity index (χ3v) is 3.27. The Morgan fingerprint density at radius 2 is 2.15 bits per heavy atom. The Morgan fingerprint density at radius 3 is 2.80 bits per heavy atom. The third kappa shape index (κ3) is 2.62. The Morgan fingerprint density at radius 1 is 1.40 bits per heavy atom. The maximum Gasteiger partial charge on any atom is 0.273 e. The molecule has 0 bridgehead atoms. The molecule has 0 aliphatic carbocycles. The van der Waals surface area contributed by atoms with Crippen LogP contribution in [0, 0.1) is 0 Å². The lowest BCUT2D eigenvalue weighted by molar-refractivity contribution is 0.0946. The maximum atomic E-state index is 11.9. The van der Waals surface area contributed by atoms with Crippen molar-refractivity contribution in [2.24, 2.45) is 0 Å². The smallest absolute Gasteiger partial charge is 0.273 e. The Balaban J connectivity index is 1.58. The molecule has 0 spiro atoms. The number of nitrogens with one attached hydrogen (secondary N) is 2. The molecule has 1 aliphatic heterocycles. The molecule has 1 aliphatic rings. The minimum atomic E-state index is -0.253. The van der Waals surface area contributed by atoms with E-state index in [1.165, 1.54) is 0 Å². The molecule has 0 unspecified atom stereocenters. The van der Waals surface area contributed by atoms with Crippen molar-refractivity contribution in [1.82, 2.24) is 25.6 Å². The lowest BCUT2D eigenvalue weighted by atomic mass is 10.2. The molecule has 7 nitrogen and oxygen atoms in total. The first-order chi connectivity index (χ1) is 9.72. The fraction of sp³-hybridized carbons (Fsp3) is 0.308. The normalized spacial score (nSPS) is 14.8. The fourth-order valence-electron chi connectivity index (χ4n) is 1.91. The number of hydrogen-bond acceptors (Lipinski definition) is 5. The second kappa shape index (κ2) is 5.30. The molecule has 2 heterocycles. The highest BCUT2D eigenvalue weighted by atomic mass is 16.3. The van der Waals surface area contributed by atoms with Crippen LogP contribution in [0.25, 0.3) is 0 Å². The summed E-state index contributed by atoms with van der Waals surface area (Å²) in [5, 5.41) is 22.9. The summed E-state index contributed by atoms with van der Waals surface area (Å²) in [6.45, 7) is 2.10. The molecule has 1 fully saturated rings. The molecule has 1 aromatic carbocycles. The van der Waals surface area contributed by atoms with Gasteiger partial charge in [-0.15, -0.1) is 5.10 Å². The van der Waals surface area contributed by atoms with Crippen LogP contribution in [0.5, 0.6) is 5.75 Å². The van der Waals surface area contributed by atoms with Crippen molar-refractivity contribution in [1.29, 1.82) is 0 Å². The second-order valence-electron chi connectivity index (χ2n) is 4.74. The number of aromatic hydroxyl groups is 1. The topological polar surface area (TPSA) is 92.1 Å². The summed E-state index contributed by atoms with van der Waals surface area (Å²) in [7, 11) is 0. The number of rotatable bonds is 4. The summed E-state index contributed by atoms with van der Waals surface area (Å²) in [5.41, 5.74) is 1.22. The van der Waals surface area contributed by atoms with E-state index in [4.69, 9.17) is 0 Å². The van der Waals surface area contributed by atoms with Crippen LogP contribution < -0.4 is 10.6 Å². The Kier molecular flexibility index (Phi) is 3.34. The molecule has 7 heteroatoms. The first-order valence-electron chi connectivity index (χ1n) is 6.41. The van der Waals surface area contributed by atoms with Gasteiger partial charge in [0.15, 0.2) is 5.69 Å². The molecule has 0 radical (unpaired) electrons. The van der Waals surface area contributed by atoms with Gasteiger partial charge in [0.05, 0.1) is 12.2 Å². The summed E-state index contributed by atoms with van der Waals surface area (Å²) in [5.74, 6) is -0.0475. The van der Waals surface area contributed by atoms with Crippen molar-refractivity contribution in [3.05, 3.63) is 41.7 Å². The molecule has 2 aromatic rings. The van der Waals surface area contributed by atoms with Gasteiger partial charge < -0.3 is 15.7 Å². The first-order valence-corrected chi connectivity index (χ1v) is 6.41. The number of benzene rings is 1. The van der Waals surface area contributed by atoms with Crippen LogP contribution in [0.1, 0.15) is 22.1 Å². The van der Waals surface area contributed by atoms with Crippen molar-refractivity contribution in [2.75, 3.05) is 13.1 Å². The number of phenols is 1. The first kappa shape index (κ1) is 12.6. The van der Waals surface area contributed by atoms with E-state index in [0.717, 1.165) is 18.7 Å². The summed E-state index contributed by atoms with van der Waals surface area (Å²) >= 11 is 0. The highest BCUT2D eigenvalue weighted by Crippen LogP contribution is 2.11. The quantitative estimate of drug-likeness (QED) is 0.732. The van der Waals surface area contributed by atoms with Gasteiger partial charge in [0.25, 0.3) is 5.91 Å². The van der Waals surface area contributed by atoms with E-state index < -0.39 is 0 Å². The molecule has 0 atom stereocenters. The highest BCUT2D eigenvalue weighted by molar-refractivity contribution is 5.91. The van der Waals surface area contributed by atoms with Crippen molar-refractivity contribution in [3.63, 3.8) is 0 Å². The SMILES string of the molecule is O=C(NCc1ccc(O)cc1)c1cn(C2CNC2)nn1. The van der Waals surface area contributed by atoms with Gasteiger partial charge in [0.2, 0.25) is 0 Å². The number of amides is 1. The van der Waals surface area contributed by atoms with Crippen molar-refractivity contribution < 1.29 is 9.90 Å². The average Bonchev–Trinajstić information content (AvgIpc) is 2.85. The van der Waals surface area contributed by atoms with Crippen LogP contribution >= 0.6 is 0 Å². The summed E-state index contributed by atoms with van der Waals surface area (Å²) in [6, 6.07) is 6.97. The van der Waals surface area contributed by atoms with Crippen LogP contribution in [0.2, 0.25) is 0 Å². The van der Waals surface area contributed by atoms with E-state index in [1.807, 2.05) is 0 Å². The van der Waals surface area contributed by atoms with Gasteiger partial charge in [-0.3, -0.25) is 4.79 Å². The average molecular weight is 273 g/mol. The standard InChI is InChI=1S/C13H15N5O2/c19-11-3-1-9(2-4-11)5-15-13(20)12-8-18(17-16-12)10-6-14-7-10/h1-4,8,10,14,19H,5-7H2,(H,15,20). The Bertz CT molecular complexity index is 603. The van der Waals surface area contributed by atoms with E-state index in [9.17, 15) is 9.90 Å². The predicted octanol–water partition coefficient (Wildman–Crippen LogP) is 0.0580. The van der Waals surface area contributed by atoms with E-state index >= 15 is 0 Å². The zero-order chi connectivity index (χ0) is 13.9. The van der Waals surface area contributed by atoms with E-state index in [-0.39, 0.29) is 11.7 Å². The summed E-state index contributed by atoms with van der Waals surface area (Å²) < 4.78 is 1.71. The molecule has 104 valence electrons. The van der Waals surface area contributed by atoms with Gasteiger partial charge in [-0.05, 0) is 17.7 Å². The van der Waals surface area contributed by atoms with Gasteiger partial charge in [-0.25, -0.2) is 4.68 Å². The van der Waals surface area contributed by atoms with Gasteiger partial charge >= 0.3 is 0 Å². The lowest BCUT2D eigenvalue weighted by Crippen LogP contribution is -2.43. The minimum Gasteiger partial charge on any atom is -0.508 e. The van der Waals surface area contributed by atoms with E-state index in [2.05, 4.69) is 20.9 Å². The van der Waals surface area contributed by atoms with Crippen molar-refractivity contribution in [3.8, 4) is 5.75 Å². The van der Waals surface area contributed by atoms with E-state index in [1.54, 1.807) is 35.1 Å². The van der Waals surface area contributed by atoms with Crippen LogP contribution in [-0.4, -0.2) is 39.1 Å². The fourth-order valence-corrected chi connectivity index (χ4v) is 1.91. The molecule has 1 saturated heterocycles. The summed E-state index contributed by atoms with van der Waals surface area (Å²) in [4.78, 5) is 11.9. The molecule has 1 amide bonds. The molecule has 3 N–H and O–H groups in total. The number of aromatic nitrogens is 3. The number of carbonyl (C=O) groups excluding carboxylic acids is 1. The predicted molar refractivity (Wildman–Crippen MR) is 71.2 cm³/mol. The second-order valence-corrected chi connectivity index (χ2v) is 4.74. The Hall–Kier alpha value is -2.41. The van der Waals surface area contributed by atoms with Gasteiger partial charge in [0.1, 0.15) is 5.75 Å². The minimum absolute atomic E-state index is 0.206. The number of hydrogen-bond donors (Lipinski definition) is 3. The number of phenolic OH excluding ortho intramolecular Hbond substituents is 1. The van der Waals surface area contributed by atoms with Crippen LogP contribution in [-0.2, 0) is 6.54 Å². The number of carbonyl (C=O) groups is 1.